The number of aromatic nitrogens is 2. The molecule has 5 heterocycles. The summed E-state index contributed by atoms with van der Waals surface area (Å²) in [4.78, 5) is 35.9. The highest BCUT2D eigenvalue weighted by Crippen LogP contribution is 2.41. The number of piperazine rings is 1. The molecule has 3 aliphatic heterocycles. The number of nitrogens with two attached hydrogens (primary N) is 1. The second-order valence-corrected chi connectivity index (χ2v) is 11.5. The molecule has 1 atom stereocenters. The summed E-state index contributed by atoms with van der Waals surface area (Å²) in [5.41, 5.74) is 10.1. The van der Waals surface area contributed by atoms with Crippen LogP contribution in [0.3, 0.4) is 0 Å². The largest absolute Gasteiger partial charge is 0.458 e. The van der Waals surface area contributed by atoms with Gasteiger partial charge in [-0.05, 0) is 60.9 Å². The Morgan fingerprint density at radius 1 is 1.07 bits per heavy atom. The summed E-state index contributed by atoms with van der Waals surface area (Å²) in [5.74, 6) is -1.11. The molecule has 4 aromatic rings. The van der Waals surface area contributed by atoms with E-state index in [4.69, 9.17) is 15.5 Å². The predicted octanol–water partition coefficient (Wildman–Crippen LogP) is 3.43. The lowest BCUT2D eigenvalue weighted by Gasteiger charge is -2.36. The van der Waals surface area contributed by atoms with Crippen LogP contribution < -0.4 is 16.2 Å². The van der Waals surface area contributed by atoms with Gasteiger partial charge in [-0.25, -0.2) is 14.2 Å². The van der Waals surface area contributed by atoms with Gasteiger partial charge in [-0.3, -0.25) is 9.69 Å². The number of carbonyl (C=O) groups is 1. The summed E-state index contributed by atoms with van der Waals surface area (Å²) in [6.07, 6.45) is 0.0673. The molecule has 0 radical (unpaired) electrons. The number of anilines is 2. The van der Waals surface area contributed by atoms with Crippen molar-refractivity contribution < 1.29 is 19.0 Å². The van der Waals surface area contributed by atoms with E-state index in [0.29, 0.717) is 35.6 Å². The Kier molecular flexibility index (Phi) is 6.11. The van der Waals surface area contributed by atoms with Crippen LogP contribution in [-0.2, 0) is 34.8 Å². The molecule has 9 nitrogen and oxygen atoms in total. The average Bonchev–Trinajstić information content (AvgIpc) is 3.36. The van der Waals surface area contributed by atoms with E-state index >= 15 is 0 Å². The molecular formula is C32H32FN5O4. The van der Waals surface area contributed by atoms with Crippen LogP contribution in [0.4, 0.5) is 15.8 Å². The summed E-state index contributed by atoms with van der Waals surface area (Å²) >= 11 is 0. The van der Waals surface area contributed by atoms with Crippen molar-refractivity contribution in [2.24, 2.45) is 0 Å². The molecule has 7 rings (SSSR count). The predicted molar refractivity (Wildman–Crippen MR) is 158 cm³/mol. The topological polar surface area (TPSA) is 114 Å². The first-order valence-corrected chi connectivity index (χ1v) is 14.3. The van der Waals surface area contributed by atoms with E-state index in [9.17, 15) is 19.1 Å². The molecule has 3 aliphatic rings. The van der Waals surface area contributed by atoms with Gasteiger partial charge in [-0.1, -0.05) is 6.92 Å². The zero-order valence-electron chi connectivity index (χ0n) is 23.6. The first kappa shape index (κ1) is 26.6. The zero-order valence-corrected chi connectivity index (χ0v) is 23.6. The van der Waals surface area contributed by atoms with E-state index in [0.717, 1.165) is 54.1 Å². The number of pyridine rings is 2. The Hall–Kier alpha value is -4.28. The summed E-state index contributed by atoms with van der Waals surface area (Å²) < 4.78 is 21.6. The number of nitrogens with zero attached hydrogens (tertiary/aromatic N) is 4. The molecule has 1 fully saturated rings. The quantitative estimate of drug-likeness (QED) is 0.250. The van der Waals surface area contributed by atoms with Gasteiger partial charge in [0, 0.05) is 66.7 Å². The molecule has 42 heavy (non-hydrogen) atoms. The Labute approximate surface area is 241 Å². The van der Waals surface area contributed by atoms with E-state index in [2.05, 4.69) is 9.80 Å². The van der Waals surface area contributed by atoms with Crippen molar-refractivity contribution in [3.8, 4) is 11.4 Å². The van der Waals surface area contributed by atoms with Gasteiger partial charge in [0.1, 0.15) is 12.4 Å². The number of aliphatic hydroxyl groups is 1. The van der Waals surface area contributed by atoms with Crippen LogP contribution in [0.15, 0.2) is 47.3 Å². The monoisotopic (exact) mass is 569 g/mol. The lowest BCUT2D eigenvalue weighted by atomic mass is 9.86. The summed E-state index contributed by atoms with van der Waals surface area (Å²) in [5, 5.41) is 12.1. The molecule has 216 valence electrons. The van der Waals surface area contributed by atoms with Gasteiger partial charge in [-0.2, -0.15) is 0 Å². The third-order valence-corrected chi connectivity index (χ3v) is 9.10. The van der Waals surface area contributed by atoms with Crippen molar-refractivity contribution >= 4 is 28.2 Å². The second kappa shape index (κ2) is 9.64. The highest BCUT2D eigenvalue weighted by atomic mass is 19.1. The zero-order chi connectivity index (χ0) is 29.3. The number of esters is 1. The van der Waals surface area contributed by atoms with Crippen LogP contribution in [-0.4, -0.2) is 51.7 Å². The van der Waals surface area contributed by atoms with E-state index in [1.807, 2.05) is 30.3 Å². The number of hydrogen-bond acceptors (Lipinski definition) is 8. The highest BCUT2D eigenvalue weighted by Gasteiger charge is 2.45. The number of ether oxygens (including phenoxy) is 1. The minimum atomic E-state index is -1.90. The molecule has 0 aliphatic carbocycles. The second-order valence-electron chi connectivity index (χ2n) is 11.5. The molecule has 2 aromatic carbocycles. The van der Waals surface area contributed by atoms with Crippen molar-refractivity contribution in [1.82, 2.24) is 14.5 Å². The smallest absolute Gasteiger partial charge is 0.343 e. The number of fused-ring (bicyclic) bond motifs is 5. The normalized spacial score (nSPS) is 19.9. The van der Waals surface area contributed by atoms with Gasteiger partial charge in [0.05, 0.1) is 29.0 Å². The van der Waals surface area contributed by atoms with Crippen molar-refractivity contribution in [3.05, 3.63) is 86.5 Å². The highest BCUT2D eigenvalue weighted by molar-refractivity contribution is 5.89. The Morgan fingerprint density at radius 3 is 2.52 bits per heavy atom. The first-order valence-electron chi connectivity index (χ1n) is 14.3. The van der Waals surface area contributed by atoms with Crippen LogP contribution in [0.25, 0.3) is 22.3 Å². The maximum absolute atomic E-state index is 14.8. The van der Waals surface area contributed by atoms with E-state index in [1.165, 1.54) is 6.07 Å². The van der Waals surface area contributed by atoms with Crippen LogP contribution in [0, 0.1) is 12.7 Å². The minimum Gasteiger partial charge on any atom is -0.458 e. The van der Waals surface area contributed by atoms with E-state index < -0.39 is 11.6 Å². The fourth-order valence-electron chi connectivity index (χ4n) is 6.55. The first-order chi connectivity index (χ1) is 20.2. The van der Waals surface area contributed by atoms with Gasteiger partial charge < -0.3 is 25.0 Å². The van der Waals surface area contributed by atoms with Crippen molar-refractivity contribution in [1.29, 1.82) is 0 Å². The SMILES string of the molecule is CC[C@@]1(O)C(=O)OCc2c1cc1n(c2=O)Cc2c-1nc1cc(F)c(C)cc1c2CN1CCN(c2ccc(N)cc2)CC1. The van der Waals surface area contributed by atoms with Gasteiger partial charge in [0.2, 0.25) is 0 Å². The Bertz CT molecular complexity index is 1830. The number of nitrogen functional groups attached to an aromatic ring is 1. The van der Waals surface area contributed by atoms with Crippen molar-refractivity contribution in [2.45, 2.75) is 45.6 Å². The van der Waals surface area contributed by atoms with Crippen molar-refractivity contribution in [2.75, 3.05) is 36.8 Å². The molecule has 3 N–H and O–H groups in total. The summed E-state index contributed by atoms with van der Waals surface area (Å²) in [6, 6.07) is 12.9. The van der Waals surface area contributed by atoms with Crippen molar-refractivity contribution in [3.63, 3.8) is 0 Å². The van der Waals surface area contributed by atoms with E-state index in [-0.39, 0.29) is 35.5 Å². The summed E-state index contributed by atoms with van der Waals surface area (Å²) in [7, 11) is 0. The molecular weight excluding hydrogens is 537 g/mol. The number of carbonyl (C=O) groups excluding carboxylic acids is 1. The third kappa shape index (κ3) is 4.00. The standard InChI is InChI=1S/C32H32FN5O4/c1-3-32(41)25-13-28-29-23(16-38(28)30(39)24(25)17-42-31(32)40)22(21-12-18(2)26(33)14-27(21)35-29)15-36-8-10-37(11-9-36)20-6-4-19(34)5-7-20/h4-7,12-14,41H,3,8-11,15-17,34H2,1-2H3/t32-/m0/s1. The fourth-order valence-corrected chi connectivity index (χ4v) is 6.55. The number of aryl methyl sites for hydroxylation is 1. The molecule has 0 spiro atoms. The number of cyclic esters (lactones) is 1. The fraction of sp³-hybridized carbons (Fsp3) is 0.344. The van der Waals surface area contributed by atoms with Gasteiger partial charge >= 0.3 is 5.97 Å². The number of rotatable bonds is 4. The molecule has 2 aromatic heterocycles. The van der Waals surface area contributed by atoms with Gasteiger partial charge in [-0.15, -0.1) is 0 Å². The average molecular weight is 570 g/mol. The summed E-state index contributed by atoms with van der Waals surface area (Å²) in [6.45, 7) is 7.50. The minimum absolute atomic E-state index is 0.0673. The number of benzene rings is 2. The molecule has 0 saturated carbocycles. The van der Waals surface area contributed by atoms with Crippen LogP contribution in [0.1, 0.15) is 41.2 Å². The molecule has 1 saturated heterocycles. The van der Waals surface area contributed by atoms with Crippen LogP contribution in [0.2, 0.25) is 0 Å². The molecule has 0 bridgehead atoms. The molecule has 10 heteroatoms. The Balaban J connectivity index is 1.30. The lowest BCUT2D eigenvalue weighted by molar-refractivity contribution is -0.172. The van der Waals surface area contributed by atoms with E-state index in [1.54, 1.807) is 24.5 Å². The maximum atomic E-state index is 14.8. The molecule has 0 unspecified atom stereocenters. The van der Waals surface area contributed by atoms with Gasteiger partial charge in [0.15, 0.2) is 5.60 Å². The van der Waals surface area contributed by atoms with Crippen LogP contribution in [0.5, 0.6) is 0 Å². The molecule has 0 amide bonds. The lowest BCUT2D eigenvalue weighted by Crippen LogP contribution is -2.46. The Morgan fingerprint density at radius 2 is 1.81 bits per heavy atom. The maximum Gasteiger partial charge on any atom is 0.343 e. The number of hydrogen-bond donors (Lipinski definition) is 2. The van der Waals surface area contributed by atoms with Gasteiger partial charge in [0.25, 0.3) is 5.56 Å². The number of halogens is 1. The van der Waals surface area contributed by atoms with Crippen LogP contribution >= 0.6 is 0 Å². The third-order valence-electron chi connectivity index (χ3n) is 9.10.